The number of nitrogens with zero attached hydrogens (tertiary/aromatic N) is 1. The van der Waals surface area contributed by atoms with E-state index in [1.807, 2.05) is 37.3 Å². The summed E-state index contributed by atoms with van der Waals surface area (Å²) >= 11 is 0. The molecule has 0 radical (unpaired) electrons. The minimum Gasteiger partial charge on any atom is -0.493 e. The molecule has 0 aromatic heterocycles. The zero-order valence-electron chi connectivity index (χ0n) is 16.4. The lowest BCUT2D eigenvalue weighted by atomic mass is 10.1. The van der Waals surface area contributed by atoms with Gasteiger partial charge in [0.2, 0.25) is 5.91 Å². The second kappa shape index (κ2) is 8.65. The first-order valence-corrected chi connectivity index (χ1v) is 9.18. The van der Waals surface area contributed by atoms with Crippen molar-refractivity contribution < 1.29 is 19.1 Å². The van der Waals surface area contributed by atoms with Crippen molar-refractivity contribution in [3.05, 3.63) is 47.5 Å². The number of anilines is 2. The van der Waals surface area contributed by atoms with Crippen LogP contribution < -0.4 is 25.0 Å². The molecule has 1 saturated heterocycles. The van der Waals surface area contributed by atoms with Gasteiger partial charge in [-0.15, -0.1) is 0 Å². The summed E-state index contributed by atoms with van der Waals surface area (Å²) in [6.45, 7) is 3.02. The Hall–Kier alpha value is -3.22. The molecule has 0 aliphatic carbocycles. The number of amides is 3. The van der Waals surface area contributed by atoms with Crippen LogP contribution in [0.5, 0.6) is 11.5 Å². The van der Waals surface area contributed by atoms with Crippen LogP contribution in [0, 0.1) is 6.92 Å². The molecule has 0 atom stereocenters. The standard InChI is InChI=1S/C21H25N3O4/c1-14-6-8-16(12-17(14)24-10-4-5-20(24)25)23-21(26)22-13-15-7-9-18(27-2)19(11-15)28-3/h6-9,11-12H,4-5,10,13H2,1-3H3,(H2,22,23,26). The number of carbonyl (C=O) groups excluding carboxylic acids is 2. The zero-order valence-corrected chi connectivity index (χ0v) is 16.4. The lowest BCUT2D eigenvalue weighted by Gasteiger charge is -2.19. The zero-order chi connectivity index (χ0) is 20.1. The van der Waals surface area contributed by atoms with Crippen LogP contribution in [0.3, 0.4) is 0 Å². The van der Waals surface area contributed by atoms with Crippen molar-refractivity contribution in [1.82, 2.24) is 5.32 Å². The van der Waals surface area contributed by atoms with Gasteiger partial charge in [-0.3, -0.25) is 4.79 Å². The highest BCUT2D eigenvalue weighted by Gasteiger charge is 2.23. The summed E-state index contributed by atoms with van der Waals surface area (Å²) in [6.07, 6.45) is 1.44. The SMILES string of the molecule is COc1ccc(CNC(=O)Nc2ccc(C)c(N3CCCC3=O)c2)cc1OC. The number of nitrogens with one attached hydrogen (secondary N) is 2. The lowest BCUT2D eigenvalue weighted by molar-refractivity contribution is -0.117. The van der Waals surface area contributed by atoms with Gasteiger partial charge >= 0.3 is 6.03 Å². The number of methoxy groups -OCH3 is 2. The summed E-state index contributed by atoms with van der Waals surface area (Å²) in [5.41, 5.74) is 3.39. The summed E-state index contributed by atoms with van der Waals surface area (Å²) in [6, 6.07) is 10.7. The minimum absolute atomic E-state index is 0.123. The van der Waals surface area contributed by atoms with E-state index in [2.05, 4.69) is 10.6 Å². The Morgan fingerprint density at radius 3 is 2.57 bits per heavy atom. The molecule has 28 heavy (non-hydrogen) atoms. The van der Waals surface area contributed by atoms with Crippen LogP contribution in [0.1, 0.15) is 24.0 Å². The van der Waals surface area contributed by atoms with Gasteiger partial charge in [-0.05, 0) is 48.7 Å². The molecule has 3 rings (SSSR count). The number of ether oxygens (including phenoxy) is 2. The van der Waals surface area contributed by atoms with Gasteiger partial charge in [0.1, 0.15) is 0 Å². The number of aryl methyl sites for hydroxylation is 1. The van der Waals surface area contributed by atoms with Crippen LogP contribution in [0.15, 0.2) is 36.4 Å². The second-order valence-electron chi connectivity index (χ2n) is 6.65. The molecule has 2 N–H and O–H groups in total. The third-order valence-corrected chi connectivity index (χ3v) is 4.73. The normalized spacial score (nSPS) is 13.4. The monoisotopic (exact) mass is 383 g/mol. The summed E-state index contributed by atoms with van der Waals surface area (Å²) < 4.78 is 10.5. The Labute approximate surface area is 164 Å². The fourth-order valence-corrected chi connectivity index (χ4v) is 3.23. The Bertz CT molecular complexity index is 882. The van der Waals surface area contributed by atoms with Gasteiger partial charge in [-0.25, -0.2) is 4.79 Å². The first-order chi connectivity index (χ1) is 13.5. The number of benzene rings is 2. The molecule has 1 aliphatic heterocycles. The molecule has 3 amide bonds. The first-order valence-electron chi connectivity index (χ1n) is 9.18. The molecule has 2 aromatic carbocycles. The average Bonchev–Trinajstić information content (AvgIpc) is 3.13. The quantitative estimate of drug-likeness (QED) is 0.801. The number of hydrogen-bond donors (Lipinski definition) is 2. The maximum atomic E-state index is 12.3. The van der Waals surface area contributed by atoms with Crippen molar-refractivity contribution in [3.63, 3.8) is 0 Å². The van der Waals surface area contributed by atoms with E-state index in [1.54, 1.807) is 25.2 Å². The summed E-state index contributed by atoms with van der Waals surface area (Å²) in [5, 5.41) is 5.65. The summed E-state index contributed by atoms with van der Waals surface area (Å²) in [7, 11) is 3.15. The topological polar surface area (TPSA) is 79.9 Å². The van der Waals surface area contributed by atoms with Crippen LogP contribution in [0.4, 0.5) is 16.2 Å². The van der Waals surface area contributed by atoms with E-state index < -0.39 is 0 Å². The molecule has 1 aliphatic rings. The van der Waals surface area contributed by atoms with Crippen molar-refractivity contribution in [2.75, 3.05) is 31.0 Å². The minimum atomic E-state index is -0.322. The Morgan fingerprint density at radius 2 is 1.89 bits per heavy atom. The molecular weight excluding hydrogens is 358 g/mol. The van der Waals surface area contributed by atoms with Gasteiger partial charge in [-0.2, -0.15) is 0 Å². The molecule has 0 unspecified atom stereocenters. The van der Waals surface area contributed by atoms with Crippen LogP contribution in [-0.2, 0) is 11.3 Å². The van der Waals surface area contributed by atoms with Crippen LogP contribution >= 0.6 is 0 Å². The van der Waals surface area contributed by atoms with E-state index in [4.69, 9.17) is 9.47 Å². The number of urea groups is 1. The molecule has 0 spiro atoms. The maximum Gasteiger partial charge on any atom is 0.319 e. The van der Waals surface area contributed by atoms with Gasteiger partial charge < -0.3 is 25.0 Å². The van der Waals surface area contributed by atoms with Crippen LogP contribution in [0.2, 0.25) is 0 Å². The molecule has 148 valence electrons. The third kappa shape index (κ3) is 4.36. The second-order valence-corrected chi connectivity index (χ2v) is 6.65. The number of rotatable bonds is 6. The highest BCUT2D eigenvalue weighted by molar-refractivity contribution is 5.97. The largest absolute Gasteiger partial charge is 0.493 e. The molecule has 2 aromatic rings. The van der Waals surface area contributed by atoms with E-state index in [1.165, 1.54) is 0 Å². The molecule has 7 heteroatoms. The predicted molar refractivity (Wildman–Crippen MR) is 108 cm³/mol. The highest BCUT2D eigenvalue weighted by Crippen LogP contribution is 2.29. The number of carbonyl (C=O) groups is 2. The number of hydrogen-bond acceptors (Lipinski definition) is 4. The maximum absolute atomic E-state index is 12.3. The van der Waals surface area contributed by atoms with Gasteiger partial charge in [0, 0.05) is 30.9 Å². The van der Waals surface area contributed by atoms with Gasteiger partial charge in [-0.1, -0.05) is 12.1 Å². The smallest absolute Gasteiger partial charge is 0.319 e. The molecule has 0 saturated carbocycles. The lowest BCUT2D eigenvalue weighted by Crippen LogP contribution is -2.28. The Morgan fingerprint density at radius 1 is 1.11 bits per heavy atom. The fourth-order valence-electron chi connectivity index (χ4n) is 3.23. The summed E-state index contributed by atoms with van der Waals surface area (Å²) in [4.78, 5) is 26.1. The first kappa shape index (κ1) is 19.5. The van der Waals surface area contributed by atoms with Crippen LogP contribution in [0.25, 0.3) is 0 Å². The third-order valence-electron chi connectivity index (χ3n) is 4.73. The van der Waals surface area contributed by atoms with E-state index in [9.17, 15) is 9.59 Å². The van der Waals surface area contributed by atoms with Crippen LogP contribution in [-0.4, -0.2) is 32.7 Å². The van der Waals surface area contributed by atoms with Crippen molar-refractivity contribution in [3.8, 4) is 11.5 Å². The van der Waals surface area contributed by atoms with E-state index in [0.717, 1.165) is 23.2 Å². The molecular formula is C21H25N3O4. The molecule has 7 nitrogen and oxygen atoms in total. The van der Waals surface area contributed by atoms with E-state index >= 15 is 0 Å². The van der Waals surface area contributed by atoms with Crippen molar-refractivity contribution in [2.24, 2.45) is 0 Å². The van der Waals surface area contributed by atoms with E-state index in [0.29, 0.717) is 36.7 Å². The van der Waals surface area contributed by atoms with Crippen molar-refractivity contribution in [1.29, 1.82) is 0 Å². The highest BCUT2D eigenvalue weighted by atomic mass is 16.5. The van der Waals surface area contributed by atoms with Gasteiger partial charge in [0.05, 0.1) is 14.2 Å². The molecule has 0 bridgehead atoms. The van der Waals surface area contributed by atoms with Gasteiger partial charge in [0.15, 0.2) is 11.5 Å². The summed E-state index contributed by atoms with van der Waals surface area (Å²) in [5.74, 6) is 1.37. The predicted octanol–water partition coefficient (Wildman–Crippen LogP) is 3.46. The average molecular weight is 383 g/mol. The molecule has 1 fully saturated rings. The Kier molecular flexibility index (Phi) is 6.03. The van der Waals surface area contributed by atoms with Crippen molar-refractivity contribution >= 4 is 23.3 Å². The van der Waals surface area contributed by atoms with Gasteiger partial charge in [0.25, 0.3) is 0 Å². The van der Waals surface area contributed by atoms with E-state index in [-0.39, 0.29) is 11.9 Å². The Balaban J connectivity index is 1.63. The van der Waals surface area contributed by atoms with Crippen molar-refractivity contribution in [2.45, 2.75) is 26.3 Å². The fraction of sp³-hybridized carbons (Fsp3) is 0.333. The molecule has 1 heterocycles.